The first kappa shape index (κ1) is 14.3. The molecule has 4 heteroatoms. The zero-order valence-corrected chi connectivity index (χ0v) is 11.0. The zero-order chi connectivity index (χ0) is 13.2. The molecule has 1 rings (SSSR count). The lowest BCUT2D eigenvalue weighted by atomic mass is 10.3. The summed E-state index contributed by atoms with van der Waals surface area (Å²) >= 11 is 0. The fourth-order valence-electron chi connectivity index (χ4n) is 1.42. The van der Waals surface area contributed by atoms with Gasteiger partial charge in [0.2, 0.25) is 0 Å². The maximum atomic E-state index is 8.86. The van der Waals surface area contributed by atoms with E-state index in [1.807, 2.05) is 31.2 Å². The summed E-state index contributed by atoms with van der Waals surface area (Å²) in [6, 6.07) is 9.33. The van der Waals surface area contributed by atoms with E-state index in [0.717, 1.165) is 31.1 Å². The highest BCUT2D eigenvalue weighted by Gasteiger charge is 2.05. The second kappa shape index (κ2) is 8.37. The van der Waals surface area contributed by atoms with Crippen molar-refractivity contribution < 1.29 is 9.47 Å². The van der Waals surface area contributed by atoms with E-state index in [4.69, 9.17) is 14.7 Å². The first-order valence-corrected chi connectivity index (χ1v) is 6.28. The summed E-state index contributed by atoms with van der Waals surface area (Å²) in [4.78, 5) is 0. The molecule has 0 aliphatic rings. The minimum Gasteiger partial charge on any atom is -0.494 e. The summed E-state index contributed by atoms with van der Waals surface area (Å²) in [5, 5.41) is 11.9. The van der Waals surface area contributed by atoms with Crippen LogP contribution in [0.15, 0.2) is 24.3 Å². The molecule has 0 aliphatic heterocycles. The number of hydrogen-bond acceptors (Lipinski definition) is 4. The van der Waals surface area contributed by atoms with Crippen molar-refractivity contribution in [2.75, 3.05) is 19.8 Å². The van der Waals surface area contributed by atoms with Crippen LogP contribution in [0.25, 0.3) is 0 Å². The number of likely N-dealkylation sites (N-methyl/N-ethyl adjacent to an activating group) is 1. The second-order valence-electron chi connectivity index (χ2n) is 3.87. The van der Waals surface area contributed by atoms with Gasteiger partial charge >= 0.3 is 0 Å². The minimum absolute atomic E-state index is 0.272. The summed E-state index contributed by atoms with van der Waals surface area (Å²) in [6.07, 6.45) is 0.991. The molecule has 0 saturated carbocycles. The molecule has 18 heavy (non-hydrogen) atoms. The van der Waals surface area contributed by atoms with Crippen molar-refractivity contribution in [1.29, 1.82) is 5.26 Å². The van der Waals surface area contributed by atoms with Gasteiger partial charge in [-0.2, -0.15) is 5.26 Å². The van der Waals surface area contributed by atoms with Crippen molar-refractivity contribution in [2.45, 2.75) is 26.3 Å². The monoisotopic (exact) mass is 248 g/mol. The molecular weight excluding hydrogens is 228 g/mol. The van der Waals surface area contributed by atoms with Crippen molar-refractivity contribution in [3.05, 3.63) is 24.3 Å². The van der Waals surface area contributed by atoms with Gasteiger partial charge in [0, 0.05) is 0 Å². The van der Waals surface area contributed by atoms with Crippen molar-refractivity contribution in [3.63, 3.8) is 0 Å². The van der Waals surface area contributed by atoms with Crippen LogP contribution < -0.4 is 14.8 Å². The Morgan fingerprint density at radius 1 is 1.17 bits per heavy atom. The minimum atomic E-state index is -0.272. The van der Waals surface area contributed by atoms with Crippen LogP contribution in [0.2, 0.25) is 0 Å². The zero-order valence-electron chi connectivity index (χ0n) is 11.0. The summed E-state index contributed by atoms with van der Waals surface area (Å²) in [5.74, 6) is 1.59. The molecule has 1 aromatic rings. The van der Waals surface area contributed by atoms with Crippen molar-refractivity contribution in [3.8, 4) is 17.6 Å². The maximum absolute atomic E-state index is 8.86. The molecule has 0 amide bonds. The summed E-state index contributed by atoms with van der Waals surface area (Å²) in [6.45, 7) is 5.85. The Kier molecular flexibility index (Phi) is 6.67. The van der Waals surface area contributed by atoms with Crippen LogP contribution in [0.5, 0.6) is 11.5 Å². The Morgan fingerprint density at radius 3 is 2.28 bits per heavy atom. The Bertz CT molecular complexity index is 370. The fourth-order valence-corrected chi connectivity index (χ4v) is 1.42. The Labute approximate surface area is 109 Å². The summed E-state index contributed by atoms with van der Waals surface area (Å²) in [7, 11) is 0. The van der Waals surface area contributed by atoms with E-state index in [2.05, 4.69) is 18.3 Å². The van der Waals surface area contributed by atoms with E-state index in [-0.39, 0.29) is 6.04 Å². The molecule has 4 nitrogen and oxygen atoms in total. The normalized spacial score (nSPS) is 11.6. The van der Waals surface area contributed by atoms with E-state index in [1.54, 1.807) is 0 Å². The lowest BCUT2D eigenvalue weighted by Crippen LogP contribution is -2.32. The van der Waals surface area contributed by atoms with Gasteiger partial charge in [0.25, 0.3) is 0 Å². The summed E-state index contributed by atoms with van der Waals surface area (Å²) in [5.41, 5.74) is 0. The van der Waals surface area contributed by atoms with Crippen molar-refractivity contribution in [1.82, 2.24) is 5.32 Å². The predicted octanol–water partition coefficient (Wildman–Crippen LogP) is 2.36. The topological polar surface area (TPSA) is 54.3 Å². The van der Waals surface area contributed by atoms with Crippen LogP contribution in [-0.2, 0) is 0 Å². The molecule has 0 radical (unpaired) electrons. The van der Waals surface area contributed by atoms with Crippen LogP contribution in [0.1, 0.15) is 20.3 Å². The number of nitrogens with zero attached hydrogens (tertiary/aromatic N) is 1. The van der Waals surface area contributed by atoms with Gasteiger partial charge in [0.05, 0.1) is 12.7 Å². The van der Waals surface area contributed by atoms with Crippen LogP contribution in [0.3, 0.4) is 0 Å². The van der Waals surface area contributed by atoms with Gasteiger partial charge in [-0.3, -0.25) is 5.32 Å². The molecule has 1 N–H and O–H groups in total. The molecule has 0 aromatic heterocycles. The van der Waals surface area contributed by atoms with Gasteiger partial charge < -0.3 is 9.47 Å². The number of nitriles is 1. The SMILES string of the molecule is CCCOc1ccc(OCC(C#N)NCC)cc1. The highest BCUT2D eigenvalue weighted by Crippen LogP contribution is 2.17. The highest BCUT2D eigenvalue weighted by atomic mass is 16.5. The quantitative estimate of drug-likeness (QED) is 0.767. The molecule has 1 aromatic carbocycles. The molecule has 0 saturated heterocycles. The first-order valence-electron chi connectivity index (χ1n) is 6.28. The number of ether oxygens (including phenoxy) is 2. The van der Waals surface area contributed by atoms with Gasteiger partial charge in [-0.1, -0.05) is 13.8 Å². The molecule has 0 spiro atoms. The van der Waals surface area contributed by atoms with E-state index in [9.17, 15) is 0 Å². The fraction of sp³-hybridized carbons (Fsp3) is 0.500. The molecule has 0 bridgehead atoms. The molecule has 1 unspecified atom stereocenters. The molecule has 0 heterocycles. The highest BCUT2D eigenvalue weighted by molar-refractivity contribution is 5.31. The van der Waals surface area contributed by atoms with Crippen LogP contribution >= 0.6 is 0 Å². The maximum Gasteiger partial charge on any atom is 0.130 e. The third kappa shape index (κ3) is 5.07. The van der Waals surface area contributed by atoms with E-state index < -0.39 is 0 Å². The first-order chi connectivity index (χ1) is 8.80. The van der Waals surface area contributed by atoms with Gasteiger partial charge in [0.15, 0.2) is 0 Å². The van der Waals surface area contributed by atoms with Crippen LogP contribution in [0.4, 0.5) is 0 Å². The van der Waals surface area contributed by atoms with Gasteiger partial charge in [-0.25, -0.2) is 0 Å². The molecular formula is C14H20N2O2. The van der Waals surface area contributed by atoms with Gasteiger partial charge in [-0.15, -0.1) is 0 Å². The van der Waals surface area contributed by atoms with Gasteiger partial charge in [-0.05, 0) is 37.2 Å². The molecule has 0 fully saturated rings. The molecule has 1 atom stereocenters. The number of nitrogens with one attached hydrogen (secondary N) is 1. The van der Waals surface area contributed by atoms with Gasteiger partial charge in [0.1, 0.15) is 24.1 Å². The predicted molar refractivity (Wildman–Crippen MR) is 70.8 cm³/mol. The molecule has 98 valence electrons. The largest absolute Gasteiger partial charge is 0.494 e. The third-order valence-electron chi connectivity index (χ3n) is 2.32. The van der Waals surface area contributed by atoms with E-state index in [0.29, 0.717) is 6.61 Å². The van der Waals surface area contributed by atoms with Crippen LogP contribution in [-0.4, -0.2) is 25.8 Å². The number of hydrogen-bond donors (Lipinski definition) is 1. The van der Waals surface area contributed by atoms with E-state index in [1.165, 1.54) is 0 Å². The average Bonchev–Trinajstić information content (AvgIpc) is 2.42. The van der Waals surface area contributed by atoms with Crippen molar-refractivity contribution in [2.24, 2.45) is 0 Å². The summed E-state index contributed by atoms with van der Waals surface area (Å²) < 4.78 is 11.0. The van der Waals surface area contributed by atoms with E-state index >= 15 is 0 Å². The third-order valence-corrected chi connectivity index (χ3v) is 2.32. The number of rotatable bonds is 8. The Hall–Kier alpha value is -1.73. The average molecular weight is 248 g/mol. The molecule has 0 aliphatic carbocycles. The lowest BCUT2D eigenvalue weighted by Gasteiger charge is -2.12. The van der Waals surface area contributed by atoms with Crippen LogP contribution in [0, 0.1) is 11.3 Å². The lowest BCUT2D eigenvalue weighted by molar-refractivity contribution is 0.288. The smallest absolute Gasteiger partial charge is 0.130 e. The second-order valence-corrected chi connectivity index (χ2v) is 3.87. The number of benzene rings is 1. The Morgan fingerprint density at radius 2 is 1.78 bits per heavy atom. The van der Waals surface area contributed by atoms with Crippen molar-refractivity contribution >= 4 is 0 Å². The standard InChI is InChI=1S/C14H20N2O2/c1-3-9-17-13-5-7-14(8-6-13)18-11-12(10-15)16-4-2/h5-8,12,16H,3-4,9,11H2,1-2H3. The Balaban J connectivity index is 2.41.